The maximum atomic E-state index is 5.75. The summed E-state index contributed by atoms with van der Waals surface area (Å²) in [6.07, 6.45) is 0.941. The Hall–Kier alpha value is -0.380. The first kappa shape index (κ1) is 9.19. The predicted molar refractivity (Wildman–Crippen MR) is 50.2 cm³/mol. The van der Waals surface area contributed by atoms with Crippen LogP contribution < -0.4 is 0 Å². The monoisotopic (exact) mass is 218 g/mol. The second kappa shape index (κ2) is 3.78. The third-order valence-corrected chi connectivity index (χ3v) is 2.36. The Labute approximate surface area is 86.0 Å². The molecular weight excluding hydrogens is 211 g/mol. The largest absolute Gasteiger partial charge is 0.381 e. The first-order valence-corrected chi connectivity index (χ1v) is 4.79. The van der Waals surface area contributed by atoms with Crippen LogP contribution >= 0.6 is 23.2 Å². The Morgan fingerprint density at radius 1 is 1.31 bits per heavy atom. The lowest BCUT2D eigenvalue weighted by molar-refractivity contribution is 0.193. The second-order valence-electron chi connectivity index (χ2n) is 2.93. The van der Waals surface area contributed by atoms with Crippen molar-refractivity contribution in [3.63, 3.8) is 0 Å². The maximum Gasteiger partial charge on any atom is 0.137 e. The predicted octanol–water partition coefficient (Wildman–Crippen LogP) is 2.29. The summed E-state index contributed by atoms with van der Waals surface area (Å²) < 4.78 is 5.23. The number of nitrogens with zero attached hydrogens (tertiary/aromatic N) is 2. The van der Waals surface area contributed by atoms with Crippen molar-refractivity contribution in [3.8, 4) is 0 Å². The minimum Gasteiger partial charge on any atom is -0.381 e. The zero-order valence-corrected chi connectivity index (χ0v) is 8.35. The Balaban J connectivity index is 2.28. The van der Waals surface area contributed by atoms with Crippen molar-refractivity contribution >= 4 is 23.2 Å². The van der Waals surface area contributed by atoms with Gasteiger partial charge in [0.25, 0.3) is 0 Å². The van der Waals surface area contributed by atoms with E-state index in [1.165, 1.54) is 6.07 Å². The number of aromatic nitrogens is 2. The van der Waals surface area contributed by atoms with Crippen molar-refractivity contribution in [2.45, 2.75) is 12.3 Å². The van der Waals surface area contributed by atoms with E-state index in [0.717, 1.165) is 13.0 Å². The molecular formula is C8H8Cl2N2O. The van der Waals surface area contributed by atoms with Crippen molar-refractivity contribution in [3.05, 3.63) is 22.2 Å². The van der Waals surface area contributed by atoms with Gasteiger partial charge in [0.2, 0.25) is 0 Å². The average Bonchev–Trinajstić information content (AvgIpc) is 2.53. The number of hydrogen-bond acceptors (Lipinski definition) is 3. The molecule has 2 rings (SSSR count). The highest BCUT2D eigenvalue weighted by molar-refractivity contribution is 6.33. The molecule has 2 heterocycles. The van der Waals surface area contributed by atoms with Crippen molar-refractivity contribution in [1.29, 1.82) is 0 Å². The number of rotatable bonds is 1. The highest BCUT2D eigenvalue weighted by atomic mass is 35.5. The third kappa shape index (κ3) is 2.10. The van der Waals surface area contributed by atoms with Crippen molar-refractivity contribution in [2.24, 2.45) is 0 Å². The van der Waals surface area contributed by atoms with Gasteiger partial charge in [-0.1, -0.05) is 23.2 Å². The van der Waals surface area contributed by atoms with Crippen LogP contribution in [0.2, 0.25) is 10.3 Å². The standard InChI is InChI=1S/C8H8Cl2N2O/c9-6-3-7(10)12-8(11-6)5-1-2-13-4-5/h3,5H,1-2,4H2/t5-/m1/s1. The van der Waals surface area contributed by atoms with Gasteiger partial charge >= 0.3 is 0 Å². The summed E-state index contributed by atoms with van der Waals surface area (Å²) in [6.45, 7) is 1.43. The van der Waals surface area contributed by atoms with Gasteiger partial charge in [-0.3, -0.25) is 0 Å². The van der Waals surface area contributed by atoms with Crippen LogP contribution in [-0.2, 0) is 4.74 Å². The maximum absolute atomic E-state index is 5.75. The normalized spacial score (nSPS) is 22.2. The highest BCUT2D eigenvalue weighted by Crippen LogP contribution is 2.24. The number of ether oxygens (including phenoxy) is 1. The SMILES string of the molecule is Clc1cc(Cl)nc([C@@H]2CCOC2)n1. The zero-order chi connectivity index (χ0) is 9.26. The molecule has 1 atom stereocenters. The zero-order valence-electron chi connectivity index (χ0n) is 6.83. The molecule has 0 aromatic carbocycles. The molecule has 0 N–H and O–H groups in total. The fraction of sp³-hybridized carbons (Fsp3) is 0.500. The lowest BCUT2D eigenvalue weighted by atomic mass is 10.1. The van der Waals surface area contributed by atoms with Crippen LogP contribution in [0.3, 0.4) is 0 Å². The quantitative estimate of drug-likeness (QED) is 0.679. The van der Waals surface area contributed by atoms with E-state index in [1.54, 1.807) is 0 Å². The molecule has 0 radical (unpaired) electrons. The molecule has 1 aliphatic rings. The summed E-state index contributed by atoms with van der Waals surface area (Å²) >= 11 is 11.5. The average molecular weight is 219 g/mol. The van der Waals surface area contributed by atoms with Gasteiger partial charge in [-0.15, -0.1) is 0 Å². The van der Waals surface area contributed by atoms with Crippen LogP contribution in [0.15, 0.2) is 6.07 Å². The first-order valence-electron chi connectivity index (χ1n) is 4.03. The smallest absolute Gasteiger partial charge is 0.137 e. The van der Waals surface area contributed by atoms with E-state index < -0.39 is 0 Å². The van der Waals surface area contributed by atoms with Crippen LogP contribution in [-0.4, -0.2) is 23.2 Å². The van der Waals surface area contributed by atoms with Crippen molar-refractivity contribution < 1.29 is 4.74 Å². The Morgan fingerprint density at radius 3 is 2.54 bits per heavy atom. The first-order chi connectivity index (χ1) is 6.25. The molecule has 0 bridgehead atoms. The fourth-order valence-corrected chi connectivity index (χ4v) is 1.76. The van der Waals surface area contributed by atoms with Crippen LogP contribution in [0.4, 0.5) is 0 Å². The van der Waals surface area contributed by atoms with Gasteiger partial charge in [-0.25, -0.2) is 9.97 Å². The van der Waals surface area contributed by atoms with Crippen molar-refractivity contribution in [1.82, 2.24) is 9.97 Å². The Kier molecular flexibility index (Phi) is 2.67. The Morgan fingerprint density at radius 2 is 2.00 bits per heavy atom. The molecule has 1 saturated heterocycles. The minimum absolute atomic E-state index is 0.246. The summed E-state index contributed by atoms with van der Waals surface area (Å²) in [5.74, 6) is 0.936. The molecule has 0 saturated carbocycles. The minimum atomic E-state index is 0.246. The van der Waals surface area contributed by atoms with E-state index in [9.17, 15) is 0 Å². The number of halogens is 2. The van der Waals surface area contributed by atoms with Gasteiger partial charge in [-0.2, -0.15) is 0 Å². The molecule has 70 valence electrons. The Bertz CT molecular complexity index is 293. The summed E-state index contributed by atoms with van der Waals surface area (Å²) in [6, 6.07) is 1.53. The topological polar surface area (TPSA) is 35.0 Å². The van der Waals surface area contributed by atoms with E-state index >= 15 is 0 Å². The second-order valence-corrected chi connectivity index (χ2v) is 3.71. The summed E-state index contributed by atoms with van der Waals surface area (Å²) in [4.78, 5) is 8.21. The molecule has 3 nitrogen and oxygen atoms in total. The molecule has 0 unspecified atom stereocenters. The molecule has 1 aromatic rings. The van der Waals surface area contributed by atoms with E-state index in [1.807, 2.05) is 0 Å². The van der Waals surface area contributed by atoms with Gasteiger partial charge in [0, 0.05) is 18.6 Å². The molecule has 0 spiro atoms. The van der Waals surface area contributed by atoms with E-state index in [-0.39, 0.29) is 5.92 Å². The summed E-state index contributed by atoms with van der Waals surface area (Å²) in [7, 11) is 0. The molecule has 1 fully saturated rings. The third-order valence-electron chi connectivity index (χ3n) is 1.98. The van der Waals surface area contributed by atoms with Gasteiger partial charge in [-0.05, 0) is 6.42 Å². The van der Waals surface area contributed by atoms with Crippen LogP contribution in [0.25, 0.3) is 0 Å². The summed E-state index contributed by atoms with van der Waals surface area (Å²) in [5.41, 5.74) is 0. The molecule has 0 amide bonds. The summed E-state index contributed by atoms with van der Waals surface area (Å²) in [5, 5.41) is 0.781. The lowest BCUT2D eigenvalue weighted by Crippen LogP contribution is -2.04. The van der Waals surface area contributed by atoms with E-state index in [4.69, 9.17) is 27.9 Å². The van der Waals surface area contributed by atoms with Crippen LogP contribution in [0, 0.1) is 0 Å². The molecule has 1 aliphatic heterocycles. The fourth-order valence-electron chi connectivity index (χ4n) is 1.33. The number of hydrogen-bond donors (Lipinski definition) is 0. The lowest BCUT2D eigenvalue weighted by Gasteiger charge is -2.05. The van der Waals surface area contributed by atoms with Gasteiger partial charge in [0.15, 0.2) is 0 Å². The van der Waals surface area contributed by atoms with E-state index in [0.29, 0.717) is 22.7 Å². The molecule has 13 heavy (non-hydrogen) atoms. The van der Waals surface area contributed by atoms with E-state index in [2.05, 4.69) is 9.97 Å². The van der Waals surface area contributed by atoms with Gasteiger partial charge in [0.05, 0.1) is 6.61 Å². The molecule has 1 aromatic heterocycles. The van der Waals surface area contributed by atoms with Crippen molar-refractivity contribution in [2.75, 3.05) is 13.2 Å². The van der Waals surface area contributed by atoms with Gasteiger partial charge in [0.1, 0.15) is 16.1 Å². The molecule has 5 heteroatoms. The molecule has 0 aliphatic carbocycles. The highest BCUT2D eigenvalue weighted by Gasteiger charge is 2.21. The van der Waals surface area contributed by atoms with Gasteiger partial charge < -0.3 is 4.74 Å². The van der Waals surface area contributed by atoms with Crippen LogP contribution in [0.5, 0.6) is 0 Å². The van der Waals surface area contributed by atoms with Crippen LogP contribution in [0.1, 0.15) is 18.2 Å².